The summed E-state index contributed by atoms with van der Waals surface area (Å²) in [6.07, 6.45) is 1.58. The Morgan fingerprint density at radius 2 is 1.83 bits per heavy atom. The maximum atomic E-state index is 12.2. The third kappa shape index (κ3) is 10.5. The molecule has 1 N–H and O–H groups in total. The normalized spacial score (nSPS) is 12.4. The van der Waals surface area contributed by atoms with Crippen LogP contribution in [0, 0.1) is 0 Å². The van der Waals surface area contributed by atoms with E-state index in [1.807, 2.05) is 44.4 Å². The second-order valence-corrected chi connectivity index (χ2v) is 7.68. The lowest BCUT2D eigenvalue weighted by Crippen LogP contribution is -2.05. The number of nitrogens with zero attached hydrogens (tertiary/aromatic N) is 1. The number of alkyl halides is 3. The molecule has 0 amide bonds. The molecule has 0 radical (unpaired) electrons. The minimum Gasteiger partial charge on any atom is -0.332 e. The molecule has 0 fully saturated rings. The molecule has 8 heteroatoms. The van der Waals surface area contributed by atoms with Gasteiger partial charge in [0.25, 0.3) is 0 Å². The van der Waals surface area contributed by atoms with Gasteiger partial charge in [-0.3, -0.25) is 4.21 Å². The average Bonchev–Trinajstić information content (AvgIpc) is 3.19. The van der Waals surface area contributed by atoms with E-state index in [2.05, 4.69) is 23.5 Å². The van der Waals surface area contributed by atoms with Crippen molar-refractivity contribution in [1.82, 2.24) is 4.98 Å². The van der Waals surface area contributed by atoms with Gasteiger partial charge >= 0.3 is 6.18 Å². The highest BCUT2D eigenvalue weighted by Gasteiger charge is 2.25. The molecule has 2 aromatic rings. The number of benzene rings is 1. The molecule has 30 heavy (non-hydrogen) atoms. The van der Waals surface area contributed by atoms with Gasteiger partial charge in [-0.1, -0.05) is 32.1 Å². The van der Waals surface area contributed by atoms with Gasteiger partial charge in [0.05, 0.1) is 5.69 Å². The van der Waals surface area contributed by atoms with Crippen molar-refractivity contribution >= 4 is 38.5 Å². The van der Waals surface area contributed by atoms with Crippen LogP contribution in [0.2, 0.25) is 0 Å². The van der Waals surface area contributed by atoms with Gasteiger partial charge in [0.1, 0.15) is 0 Å². The molecular formula is C22H29F3N2OS2. The Morgan fingerprint density at radius 1 is 1.23 bits per heavy atom. The van der Waals surface area contributed by atoms with Crippen molar-refractivity contribution in [1.29, 1.82) is 0 Å². The molecule has 1 aromatic carbocycles. The summed E-state index contributed by atoms with van der Waals surface area (Å²) in [6.45, 7) is 11.8. The van der Waals surface area contributed by atoms with Crippen molar-refractivity contribution < 1.29 is 17.4 Å². The van der Waals surface area contributed by atoms with E-state index in [0.29, 0.717) is 10.8 Å². The van der Waals surface area contributed by atoms with E-state index >= 15 is 0 Å². The van der Waals surface area contributed by atoms with E-state index in [1.165, 1.54) is 17.4 Å². The highest BCUT2D eigenvalue weighted by Crippen LogP contribution is 2.26. The van der Waals surface area contributed by atoms with Crippen LogP contribution in [0.4, 0.5) is 24.0 Å². The van der Waals surface area contributed by atoms with Crippen LogP contribution in [-0.4, -0.2) is 21.6 Å². The number of nitrogens with one attached hydrogen (secondary N) is 1. The molecule has 1 aromatic heterocycles. The lowest BCUT2D eigenvalue weighted by atomic mass is 10.1. The molecule has 0 bridgehead atoms. The predicted molar refractivity (Wildman–Crippen MR) is 125 cm³/mol. The Kier molecular flexibility index (Phi) is 13.7. The van der Waals surface area contributed by atoms with Crippen LogP contribution in [0.25, 0.3) is 5.57 Å². The zero-order chi connectivity index (χ0) is 23.2. The second-order valence-electron chi connectivity index (χ2n) is 5.44. The van der Waals surface area contributed by atoms with Crippen molar-refractivity contribution in [2.75, 3.05) is 11.6 Å². The summed E-state index contributed by atoms with van der Waals surface area (Å²) in [7, 11) is -1.02. The minimum absolute atomic E-state index is 0.0543. The number of hydrogen-bond acceptors (Lipinski definition) is 4. The third-order valence-electron chi connectivity index (χ3n) is 3.44. The van der Waals surface area contributed by atoms with Crippen LogP contribution >= 0.6 is 11.3 Å². The van der Waals surface area contributed by atoms with Crippen molar-refractivity contribution in [3.63, 3.8) is 0 Å². The molecule has 0 aliphatic carbocycles. The highest BCUT2D eigenvalue weighted by molar-refractivity contribution is 7.84. The predicted octanol–water partition coefficient (Wildman–Crippen LogP) is 7.75. The van der Waals surface area contributed by atoms with Gasteiger partial charge in [-0.05, 0) is 43.2 Å². The number of rotatable bonds is 7. The monoisotopic (exact) mass is 458 g/mol. The second kappa shape index (κ2) is 14.7. The first-order chi connectivity index (χ1) is 14.3. The largest absolute Gasteiger partial charge is 0.389 e. The van der Waals surface area contributed by atoms with E-state index in [0.717, 1.165) is 16.2 Å². The third-order valence-corrected chi connectivity index (χ3v) is 5.13. The van der Waals surface area contributed by atoms with Crippen LogP contribution in [0.15, 0.2) is 65.9 Å². The Balaban J connectivity index is 0.00000198. The standard InChI is InChI=1S/C18H19F3N2OS2.C2H6.C2H4/c1-3-13(6-4-5-11-18(19,20)21)16-12-25-17(23-16)22-14-7-9-15(10-8-14)26(2)24;2*1-2/h3-4,6-10,12H,5,11H2,1-2H3,(H,22,23);1-2H3;1-2H2/b6-4-,13-3+;;. The summed E-state index contributed by atoms with van der Waals surface area (Å²) < 4.78 is 47.9. The first-order valence-electron chi connectivity index (χ1n) is 9.34. The van der Waals surface area contributed by atoms with Gasteiger partial charge < -0.3 is 5.32 Å². The molecule has 0 aliphatic rings. The summed E-state index contributed by atoms with van der Waals surface area (Å²) in [5, 5.41) is 5.69. The number of hydrogen-bond donors (Lipinski definition) is 1. The molecule has 1 atom stereocenters. The van der Waals surface area contributed by atoms with E-state index < -0.39 is 23.4 Å². The molecule has 0 saturated heterocycles. The number of allylic oxidation sites excluding steroid dienone is 4. The zero-order valence-corrected chi connectivity index (χ0v) is 19.4. The Hall–Kier alpha value is -2.19. The van der Waals surface area contributed by atoms with E-state index in [1.54, 1.807) is 24.5 Å². The molecule has 2 rings (SSSR count). The smallest absolute Gasteiger partial charge is 0.332 e. The van der Waals surface area contributed by atoms with Crippen molar-refractivity contribution in [3.05, 3.63) is 66.7 Å². The zero-order valence-electron chi connectivity index (χ0n) is 17.8. The van der Waals surface area contributed by atoms with Crippen molar-refractivity contribution in [3.8, 4) is 0 Å². The van der Waals surface area contributed by atoms with E-state index in [-0.39, 0.29) is 6.42 Å². The van der Waals surface area contributed by atoms with Gasteiger partial charge in [0.2, 0.25) is 0 Å². The fraction of sp³-hybridized carbons (Fsp3) is 0.318. The summed E-state index contributed by atoms with van der Waals surface area (Å²) >= 11 is 1.41. The molecular weight excluding hydrogens is 429 g/mol. The molecule has 0 saturated carbocycles. The molecule has 166 valence electrons. The number of aromatic nitrogens is 1. The van der Waals surface area contributed by atoms with Crippen molar-refractivity contribution in [2.24, 2.45) is 0 Å². The van der Waals surface area contributed by atoms with Crippen LogP contribution in [0.5, 0.6) is 0 Å². The molecule has 1 unspecified atom stereocenters. The first-order valence-corrected chi connectivity index (χ1v) is 11.8. The van der Waals surface area contributed by atoms with Gasteiger partial charge in [0, 0.05) is 39.4 Å². The van der Waals surface area contributed by atoms with Gasteiger partial charge in [-0.2, -0.15) is 13.2 Å². The first kappa shape index (κ1) is 27.8. The highest BCUT2D eigenvalue weighted by atomic mass is 32.2. The maximum absolute atomic E-state index is 12.2. The van der Waals surface area contributed by atoms with Gasteiger partial charge in [0.15, 0.2) is 5.13 Å². The summed E-state index contributed by atoms with van der Waals surface area (Å²) in [5.41, 5.74) is 2.30. The van der Waals surface area contributed by atoms with Crippen LogP contribution < -0.4 is 5.32 Å². The topological polar surface area (TPSA) is 42.0 Å². The quantitative estimate of drug-likeness (QED) is 0.341. The van der Waals surface area contributed by atoms with Gasteiger partial charge in [-0.15, -0.1) is 24.5 Å². The number of halogens is 3. The molecule has 3 nitrogen and oxygen atoms in total. The van der Waals surface area contributed by atoms with Crippen LogP contribution in [0.1, 0.15) is 39.3 Å². The average molecular weight is 459 g/mol. The fourth-order valence-corrected chi connectivity index (χ4v) is 3.36. The SMILES string of the molecule is C/C=C(\C=C/CCC(F)(F)F)c1csc(Nc2ccc(S(C)=O)cc2)n1.C=C.CC. The van der Waals surface area contributed by atoms with Crippen molar-refractivity contribution in [2.45, 2.75) is 44.7 Å². The van der Waals surface area contributed by atoms with E-state index in [4.69, 9.17) is 0 Å². The minimum atomic E-state index is -4.14. The fourth-order valence-electron chi connectivity index (χ4n) is 2.10. The lowest BCUT2D eigenvalue weighted by Gasteiger charge is -2.04. The Labute approximate surface area is 183 Å². The van der Waals surface area contributed by atoms with E-state index in [9.17, 15) is 17.4 Å². The summed E-state index contributed by atoms with van der Waals surface area (Å²) in [4.78, 5) is 5.21. The molecule has 0 spiro atoms. The van der Waals surface area contributed by atoms with Crippen LogP contribution in [0.3, 0.4) is 0 Å². The summed E-state index contributed by atoms with van der Waals surface area (Å²) in [5.74, 6) is 0. The van der Waals surface area contributed by atoms with Gasteiger partial charge in [-0.25, -0.2) is 4.98 Å². The summed E-state index contributed by atoms with van der Waals surface area (Å²) in [6, 6.07) is 7.22. The maximum Gasteiger partial charge on any atom is 0.389 e. The molecule has 1 heterocycles. The number of anilines is 2. The lowest BCUT2D eigenvalue weighted by molar-refractivity contribution is -0.133. The molecule has 0 aliphatic heterocycles. The Morgan fingerprint density at radius 3 is 2.33 bits per heavy atom. The van der Waals surface area contributed by atoms with Crippen LogP contribution in [-0.2, 0) is 10.8 Å². The number of thiazole rings is 1. The Bertz CT molecular complexity index is 826.